The van der Waals surface area contributed by atoms with Gasteiger partial charge in [-0.15, -0.1) is 0 Å². The summed E-state index contributed by atoms with van der Waals surface area (Å²) < 4.78 is 11.5. The highest BCUT2D eigenvalue weighted by molar-refractivity contribution is 5.60. The molecule has 1 unspecified atom stereocenters. The van der Waals surface area contributed by atoms with Crippen LogP contribution in [0.1, 0.15) is 76.5 Å². The molecule has 0 amide bonds. The molecule has 0 spiro atoms. The Bertz CT molecular complexity index is 734. The van der Waals surface area contributed by atoms with Crippen molar-refractivity contribution < 1.29 is 9.47 Å². The summed E-state index contributed by atoms with van der Waals surface area (Å²) in [6, 6.07) is 2.20. The number of ether oxygens (including phenoxy) is 2. The van der Waals surface area contributed by atoms with Gasteiger partial charge in [-0.05, 0) is 84.3 Å². The Kier molecular flexibility index (Phi) is 3.96. The van der Waals surface area contributed by atoms with Gasteiger partial charge in [-0.3, -0.25) is 0 Å². The molecule has 0 radical (unpaired) electrons. The molecule has 3 aliphatic carbocycles. The van der Waals surface area contributed by atoms with Gasteiger partial charge in [0.15, 0.2) is 11.5 Å². The predicted octanol–water partition coefficient (Wildman–Crippen LogP) is 6.07. The Hall–Kier alpha value is -1.18. The third kappa shape index (κ3) is 2.17. The van der Waals surface area contributed by atoms with Gasteiger partial charge >= 0.3 is 0 Å². The number of fused-ring (bicyclic) bond motifs is 5. The second-order valence-electron chi connectivity index (χ2n) is 10.4. The van der Waals surface area contributed by atoms with Crippen LogP contribution in [0.15, 0.2) is 6.07 Å². The Morgan fingerprint density at radius 2 is 1.69 bits per heavy atom. The maximum atomic E-state index is 5.87. The van der Waals surface area contributed by atoms with Gasteiger partial charge in [0.2, 0.25) is 0 Å². The van der Waals surface area contributed by atoms with E-state index >= 15 is 0 Å². The highest BCUT2D eigenvalue weighted by atomic mass is 16.5. The van der Waals surface area contributed by atoms with Crippen LogP contribution in [0.5, 0.6) is 11.5 Å². The lowest BCUT2D eigenvalue weighted by Gasteiger charge is -2.61. The van der Waals surface area contributed by atoms with Crippen molar-refractivity contribution in [3.05, 3.63) is 22.8 Å². The van der Waals surface area contributed by atoms with E-state index in [9.17, 15) is 0 Å². The van der Waals surface area contributed by atoms with Crippen LogP contribution in [0.2, 0.25) is 0 Å². The molecule has 0 aromatic heterocycles. The molecule has 3 aliphatic rings. The first-order valence-electron chi connectivity index (χ1n) is 10.4. The van der Waals surface area contributed by atoms with E-state index in [1.54, 1.807) is 19.8 Å². The normalized spacial score (nSPS) is 37.5. The van der Waals surface area contributed by atoms with Crippen LogP contribution < -0.4 is 9.47 Å². The summed E-state index contributed by atoms with van der Waals surface area (Å²) in [5.41, 5.74) is 5.57. The minimum atomic E-state index is 0.275. The molecule has 0 saturated heterocycles. The second kappa shape index (κ2) is 5.66. The Morgan fingerprint density at radius 3 is 2.35 bits per heavy atom. The van der Waals surface area contributed by atoms with E-state index in [-0.39, 0.29) is 5.41 Å². The summed E-state index contributed by atoms with van der Waals surface area (Å²) in [5.74, 6) is 3.43. The average Bonchev–Trinajstić information content (AvgIpc) is 2.89. The molecule has 0 N–H and O–H groups in total. The zero-order chi connectivity index (χ0) is 18.9. The molecule has 0 aliphatic heterocycles. The van der Waals surface area contributed by atoms with Gasteiger partial charge < -0.3 is 9.47 Å². The number of rotatable bonds is 2. The van der Waals surface area contributed by atoms with Crippen molar-refractivity contribution in [1.29, 1.82) is 0 Å². The van der Waals surface area contributed by atoms with E-state index in [0.29, 0.717) is 16.7 Å². The number of hydrogen-bond acceptors (Lipinski definition) is 2. The van der Waals surface area contributed by atoms with Crippen LogP contribution in [0.3, 0.4) is 0 Å². The minimum absolute atomic E-state index is 0.275. The highest BCUT2D eigenvalue weighted by Crippen LogP contribution is 2.68. The van der Waals surface area contributed by atoms with Crippen molar-refractivity contribution >= 4 is 0 Å². The van der Waals surface area contributed by atoms with Crippen LogP contribution in [0, 0.1) is 29.6 Å². The SMILES string of the molecule is COc1cc(C)c2c(c1OC)C[C@H]1[C@@]2(C)CCC2C(C)(C)CCC[C@@]21C. The van der Waals surface area contributed by atoms with Crippen LogP contribution >= 0.6 is 0 Å². The lowest BCUT2D eigenvalue weighted by molar-refractivity contribution is -0.0983. The number of benzene rings is 1. The fourth-order valence-corrected chi connectivity index (χ4v) is 7.81. The van der Waals surface area contributed by atoms with Gasteiger partial charge in [-0.2, -0.15) is 0 Å². The monoisotopic (exact) mass is 356 g/mol. The first kappa shape index (κ1) is 18.2. The van der Waals surface area contributed by atoms with E-state index in [1.165, 1.54) is 43.2 Å². The molecule has 2 fully saturated rings. The molecular formula is C24H36O2. The zero-order valence-electron chi connectivity index (χ0n) is 17.8. The lowest BCUT2D eigenvalue weighted by atomic mass is 9.43. The summed E-state index contributed by atoms with van der Waals surface area (Å²) in [6.45, 7) is 12.5. The molecule has 0 heterocycles. The van der Waals surface area contributed by atoms with E-state index in [4.69, 9.17) is 9.47 Å². The van der Waals surface area contributed by atoms with Crippen LogP contribution in [0.4, 0.5) is 0 Å². The van der Waals surface area contributed by atoms with Crippen molar-refractivity contribution in [3.63, 3.8) is 0 Å². The highest BCUT2D eigenvalue weighted by Gasteiger charge is 2.61. The first-order valence-corrected chi connectivity index (χ1v) is 10.4. The second-order valence-corrected chi connectivity index (χ2v) is 10.4. The van der Waals surface area contributed by atoms with Gasteiger partial charge in [0.1, 0.15) is 0 Å². The van der Waals surface area contributed by atoms with Crippen LogP contribution in [-0.4, -0.2) is 14.2 Å². The standard InChI is InChI=1S/C24H36O2/c1-15-13-17(25-6)21(26-7)16-14-19-23(4)11-8-10-22(2,3)18(23)9-12-24(19,5)20(15)16/h13,18-19H,8-12,14H2,1-7H3/t18?,19-,23+,24-/m1/s1. The molecule has 2 saturated carbocycles. The molecule has 4 atom stereocenters. The van der Waals surface area contributed by atoms with Gasteiger partial charge in [0, 0.05) is 5.56 Å². The van der Waals surface area contributed by atoms with Crippen LogP contribution in [-0.2, 0) is 11.8 Å². The minimum Gasteiger partial charge on any atom is -0.493 e. The van der Waals surface area contributed by atoms with Gasteiger partial charge in [-0.25, -0.2) is 0 Å². The number of aryl methyl sites for hydroxylation is 1. The average molecular weight is 357 g/mol. The largest absolute Gasteiger partial charge is 0.493 e. The van der Waals surface area contributed by atoms with Crippen molar-refractivity contribution in [2.75, 3.05) is 14.2 Å². The molecule has 144 valence electrons. The molecule has 1 aromatic carbocycles. The van der Waals surface area contributed by atoms with Gasteiger partial charge in [0.25, 0.3) is 0 Å². The molecule has 4 rings (SSSR count). The molecule has 0 bridgehead atoms. The summed E-state index contributed by atoms with van der Waals surface area (Å²) in [7, 11) is 3.56. The maximum Gasteiger partial charge on any atom is 0.164 e. The van der Waals surface area contributed by atoms with E-state index in [0.717, 1.165) is 23.8 Å². The van der Waals surface area contributed by atoms with E-state index in [2.05, 4.69) is 40.7 Å². The van der Waals surface area contributed by atoms with Crippen molar-refractivity contribution in [2.45, 2.75) is 78.6 Å². The maximum absolute atomic E-state index is 5.87. The van der Waals surface area contributed by atoms with E-state index < -0.39 is 0 Å². The van der Waals surface area contributed by atoms with Crippen molar-refractivity contribution in [2.24, 2.45) is 22.7 Å². The Labute approximate surface area is 159 Å². The molecular weight excluding hydrogens is 320 g/mol. The van der Waals surface area contributed by atoms with Crippen molar-refractivity contribution in [3.8, 4) is 11.5 Å². The first-order chi connectivity index (χ1) is 12.2. The zero-order valence-corrected chi connectivity index (χ0v) is 17.8. The predicted molar refractivity (Wildman–Crippen MR) is 107 cm³/mol. The summed E-state index contributed by atoms with van der Waals surface area (Å²) in [6.07, 6.45) is 7.97. The van der Waals surface area contributed by atoms with Gasteiger partial charge in [0.05, 0.1) is 14.2 Å². The van der Waals surface area contributed by atoms with Gasteiger partial charge in [-0.1, -0.05) is 34.1 Å². The smallest absolute Gasteiger partial charge is 0.164 e. The lowest BCUT2D eigenvalue weighted by Crippen LogP contribution is -2.55. The third-order valence-electron chi connectivity index (χ3n) is 8.74. The fraction of sp³-hybridized carbons (Fsp3) is 0.750. The number of hydrogen-bond donors (Lipinski definition) is 0. The summed E-state index contributed by atoms with van der Waals surface area (Å²) in [5, 5.41) is 0. The van der Waals surface area contributed by atoms with E-state index in [1.807, 2.05) is 0 Å². The quantitative estimate of drug-likeness (QED) is 0.640. The fourth-order valence-electron chi connectivity index (χ4n) is 7.81. The molecule has 2 nitrogen and oxygen atoms in total. The van der Waals surface area contributed by atoms with Crippen LogP contribution in [0.25, 0.3) is 0 Å². The molecule has 2 heteroatoms. The third-order valence-corrected chi connectivity index (χ3v) is 8.74. The number of methoxy groups -OCH3 is 2. The summed E-state index contributed by atoms with van der Waals surface area (Å²) in [4.78, 5) is 0. The molecule has 1 aromatic rings. The van der Waals surface area contributed by atoms with Crippen molar-refractivity contribution in [1.82, 2.24) is 0 Å². The topological polar surface area (TPSA) is 18.5 Å². The Balaban J connectivity index is 1.87. The molecule has 26 heavy (non-hydrogen) atoms. The Morgan fingerprint density at radius 1 is 0.962 bits per heavy atom. The summed E-state index contributed by atoms with van der Waals surface area (Å²) >= 11 is 0.